The zero-order valence-corrected chi connectivity index (χ0v) is 14.9. The molecule has 3 unspecified atom stereocenters. The summed E-state index contributed by atoms with van der Waals surface area (Å²) in [5, 5.41) is 38.6. The number of fused-ring (bicyclic) bond motifs is 1. The van der Waals surface area contributed by atoms with Crippen molar-refractivity contribution in [1.82, 2.24) is 0 Å². The predicted octanol–water partition coefficient (Wildman–Crippen LogP) is 2.87. The Morgan fingerprint density at radius 2 is 1.54 bits per heavy atom. The standard InChI is InChI=1S/C20H20O8/c21-16(22)11-7-8-12(15(19(27)28)14(11)18(25)26)20-9-2-1-4-10(20)5-3-6-13(20)17(23)24/h1-2,7-8,10,13H,3-6,9H2,(H,21,22)(H,23,24)(H,25,26)(H,27,28). The molecule has 8 nitrogen and oxygen atoms in total. The molecule has 8 heteroatoms. The maximum atomic E-state index is 12.1. The number of hydrogen-bond donors (Lipinski definition) is 4. The third kappa shape index (κ3) is 2.85. The van der Waals surface area contributed by atoms with E-state index in [1.54, 1.807) is 6.08 Å². The Morgan fingerprint density at radius 1 is 0.857 bits per heavy atom. The Morgan fingerprint density at radius 3 is 2.11 bits per heavy atom. The van der Waals surface area contributed by atoms with E-state index < -0.39 is 51.9 Å². The number of carboxylic acids is 4. The topological polar surface area (TPSA) is 149 Å². The fraction of sp³-hybridized carbons (Fsp3) is 0.400. The van der Waals surface area contributed by atoms with Crippen molar-refractivity contribution in [3.63, 3.8) is 0 Å². The van der Waals surface area contributed by atoms with E-state index in [2.05, 4.69) is 0 Å². The quantitative estimate of drug-likeness (QED) is 0.563. The zero-order chi connectivity index (χ0) is 20.6. The van der Waals surface area contributed by atoms with Crippen LogP contribution in [0, 0.1) is 11.8 Å². The summed E-state index contributed by atoms with van der Waals surface area (Å²) in [6, 6.07) is 2.37. The number of benzene rings is 1. The minimum absolute atomic E-state index is 0.101. The second-order valence-electron chi connectivity index (χ2n) is 7.30. The number of hydrogen-bond acceptors (Lipinski definition) is 4. The van der Waals surface area contributed by atoms with E-state index in [0.717, 1.165) is 6.07 Å². The van der Waals surface area contributed by atoms with E-state index in [-0.39, 0.29) is 17.9 Å². The molecule has 2 aliphatic rings. The van der Waals surface area contributed by atoms with Crippen LogP contribution in [0.5, 0.6) is 0 Å². The van der Waals surface area contributed by atoms with E-state index in [4.69, 9.17) is 0 Å². The van der Waals surface area contributed by atoms with E-state index in [9.17, 15) is 39.6 Å². The van der Waals surface area contributed by atoms with Crippen LogP contribution in [-0.2, 0) is 10.2 Å². The summed E-state index contributed by atoms with van der Waals surface area (Å²) in [4.78, 5) is 47.5. The monoisotopic (exact) mass is 388 g/mol. The molecule has 0 aliphatic heterocycles. The average Bonchev–Trinajstić information content (AvgIpc) is 2.65. The first-order valence-corrected chi connectivity index (χ1v) is 8.97. The molecule has 1 aromatic carbocycles. The number of carboxylic acid groups (broad SMARTS) is 4. The Kier molecular flexibility index (Phi) is 4.97. The molecule has 3 atom stereocenters. The smallest absolute Gasteiger partial charge is 0.337 e. The fourth-order valence-electron chi connectivity index (χ4n) is 5.02. The molecule has 4 N–H and O–H groups in total. The highest BCUT2D eigenvalue weighted by Crippen LogP contribution is 2.54. The molecule has 0 spiro atoms. The first-order chi connectivity index (χ1) is 13.2. The van der Waals surface area contributed by atoms with Crippen LogP contribution >= 0.6 is 0 Å². The lowest BCUT2D eigenvalue weighted by Crippen LogP contribution is -2.50. The Bertz CT molecular complexity index is 900. The van der Waals surface area contributed by atoms with Gasteiger partial charge in [0.25, 0.3) is 0 Å². The molecule has 0 saturated heterocycles. The SMILES string of the molecule is O=C(O)c1ccc(C23CC=CCC2CCCC3C(=O)O)c(C(=O)O)c1C(=O)O. The van der Waals surface area contributed by atoms with Crippen LogP contribution in [0.2, 0.25) is 0 Å². The highest BCUT2D eigenvalue weighted by Gasteiger charge is 2.53. The van der Waals surface area contributed by atoms with Gasteiger partial charge in [-0.25, -0.2) is 14.4 Å². The van der Waals surface area contributed by atoms with Gasteiger partial charge in [0.15, 0.2) is 0 Å². The largest absolute Gasteiger partial charge is 0.481 e. The van der Waals surface area contributed by atoms with Crippen molar-refractivity contribution < 1.29 is 39.6 Å². The highest BCUT2D eigenvalue weighted by molar-refractivity contribution is 6.10. The zero-order valence-electron chi connectivity index (χ0n) is 14.9. The van der Waals surface area contributed by atoms with Crippen molar-refractivity contribution in [3.05, 3.63) is 46.5 Å². The molecule has 1 aromatic rings. The Labute approximate surface area is 160 Å². The predicted molar refractivity (Wildman–Crippen MR) is 95.8 cm³/mol. The van der Waals surface area contributed by atoms with Crippen LogP contribution in [0.3, 0.4) is 0 Å². The number of aliphatic carboxylic acids is 1. The second kappa shape index (κ2) is 7.10. The van der Waals surface area contributed by atoms with E-state index in [1.807, 2.05) is 6.08 Å². The van der Waals surface area contributed by atoms with Crippen LogP contribution in [-0.4, -0.2) is 44.3 Å². The van der Waals surface area contributed by atoms with Gasteiger partial charge in [0, 0.05) is 5.41 Å². The molecule has 0 amide bonds. The van der Waals surface area contributed by atoms with Crippen molar-refractivity contribution in [2.75, 3.05) is 0 Å². The normalized spacial score (nSPS) is 26.3. The number of allylic oxidation sites excluding steroid dienone is 2. The molecule has 28 heavy (non-hydrogen) atoms. The summed E-state index contributed by atoms with van der Waals surface area (Å²) in [5.41, 5.74) is -3.05. The highest BCUT2D eigenvalue weighted by atomic mass is 16.4. The Hall–Kier alpha value is -3.16. The molecule has 3 rings (SSSR count). The maximum absolute atomic E-state index is 12.1. The Balaban J connectivity index is 2.40. The van der Waals surface area contributed by atoms with Crippen LogP contribution in [0.4, 0.5) is 0 Å². The van der Waals surface area contributed by atoms with Crippen LogP contribution < -0.4 is 0 Å². The van der Waals surface area contributed by atoms with E-state index in [0.29, 0.717) is 25.7 Å². The molecular weight excluding hydrogens is 368 g/mol. The molecule has 2 aliphatic carbocycles. The fourth-order valence-corrected chi connectivity index (χ4v) is 5.02. The number of rotatable bonds is 5. The molecule has 1 saturated carbocycles. The minimum atomic E-state index is -1.67. The second-order valence-corrected chi connectivity index (χ2v) is 7.30. The van der Waals surface area contributed by atoms with Gasteiger partial charge >= 0.3 is 23.9 Å². The third-order valence-corrected chi connectivity index (χ3v) is 6.10. The summed E-state index contributed by atoms with van der Waals surface area (Å²) in [5.74, 6) is -6.90. The summed E-state index contributed by atoms with van der Waals surface area (Å²) < 4.78 is 0. The van der Waals surface area contributed by atoms with Crippen molar-refractivity contribution in [1.29, 1.82) is 0 Å². The van der Waals surface area contributed by atoms with Crippen LogP contribution in [0.1, 0.15) is 68.7 Å². The van der Waals surface area contributed by atoms with Crippen molar-refractivity contribution in [3.8, 4) is 0 Å². The van der Waals surface area contributed by atoms with E-state index >= 15 is 0 Å². The van der Waals surface area contributed by atoms with Crippen LogP contribution in [0.25, 0.3) is 0 Å². The minimum Gasteiger partial charge on any atom is -0.481 e. The van der Waals surface area contributed by atoms with Gasteiger partial charge in [0.1, 0.15) is 0 Å². The maximum Gasteiger partial charge on any atom is 0.337 e. The van der Waals surface area contributed by atoms with Crippen LogP contribution in [0.15, 0.2) is 24.3 Å². The summed E-state index contributed by atoms with van der Waals surface area (Å²) in [6.07, 6.45) is 6.27. The van der Waals surface area contributed by atoms with Gasteiger partial charge in [-0.3, -0.25) is 4.79 Å². The molecular formula is C20H20O8. The lowest BCUT2D eigenvalue weighted by Gasteiger charge is -2.50. The lowest BCUT2D eigenvalue weighted by molar-refractivity contribution is -0.147. The average molecular weight is 388 g/mol. The van der Waals surface area contributed by atoms with Gasteiger partial charge in [-0.15, -0.1) is 0 Å². The van der Waals surface area contributed by atoms with Gasteiger partial charge in [-0.1, -0.05) is 24.6 Å². The first-order valence-electron chi connectivity index (χ1n) is 8.97. The van der Waals surface area contributed by atoms with Gasteiger partial charge in [0.05, 0.1) is 22.6 Å². The summed E-state index contributed by atoms with van der Waals surface area (Å²) >= 11 is 0. The molecule has 148 valence electrons. The number of aromatic carboxylic acids is 3. The molecule has 1 fully saturated rings. The molecule has 0 aromatic heterocycles. The summed E-state index contributed by atoms with van der Waals surface area (Å²) in [7, 11) is 0. The van der Waals surface area contributed by atoms with Crippen molar-refractivity contribution >= 4 is 23.9 Å². The van der Waals surface area contributed by atoms with Gasteiger partial charge < -0.3 is 20.4 Å². The molecule has 0 heterocycles. The molecule has 0 bridgehead atoms. The van der Waals surface area contributed by atoms with Gasteiger partial charge in [-0.2, -0.15) is 0 Å². The van der Waals surface area contributed by atoms with Crippen molar-refractivity contribution in [2.24, 2.45) is 11.8 Å². The number of carbonyl (C=O) groups is 4. The van der Waals surface area contributed by atoms with E-state index in [1.165, 1.54) is 6.07 Å². The van der Waals surface area contributed by atoms with Crippen molar-refractivity contribution in [2.45, 2.75) is 37.5 Å². The molecule has 0 radical (unpaired) electrons. The third-order valence-electron chi connectivity index (χ3n) is 6.10. The van der Waals surface area contributed by atoms with Gasteiger partial charge in [-0.05, 0) is 43.2 Å². The van der Waals surface area contributed by atoms with Gasteiger partial charge in [0.2, 0.25) is 0 Å². The summed E-state index contributed by atoms with van der Waals surface area (Å²) in [6.45, 7) is 0. The first kappa shape index (κ1) is 19.6. The lowest BCUT2D eigenvalue weighted by atomic mass is 9.52.